The lowest BCUT2D eigenvalue weighted by Crippen LogP contribution is -2.43. The van der Waals surface area contributed by atoms with Crippen molar-refractivity contribution in [2.24, 2.45) is 0 Å². The molecule has 2 aromatic rings. The van der Waals surface area contributed by atoms with E-state index in [-0.39, 0.29) is 5.91 Å². The fraction of sp³-hybridized carbons (Fsp3) is 0.591. The minimum absolute atomic E-state index is 0.246. The second kappa shape index (κ2) is 8.76. The molecule has 0 unspecified atom stereocenters. The lowest BCUT2D eigenvalue weighted by molar-refractivity contribution is -0.135. The molecule has 1 amide bonds. The molecular formula is C22H29N3O3. The topological polar surface area (TPSA) is 68.5 Å². The van der Waals surface area contributed by atoms with Crippen LogP contribution in [0.1, 0.15) is 64.2 Å². The molecule has 4 rings (SSSR count). The van der Waals surface area contributed by atoms with E-state index in [9.17, 15) is 4.79 Å². The first-order valence-corrected chi connectivity index (χ1v) is 10.6. The van der Waals surface area contributed by atoms with Gasteiger partial charge in [-0.3, -0.25) is 4.79 Å². The van der Waals surface area contributed by atoms with Gasteiger partial charge in [0.15, 0.2) is 0 Å². The van der Waals surface area contributed by atoms with E-state index in [1.165, 1.54) is 19.3 Å². The van der Waals surface area contributed by atoms with Crippen molar-refractivity contribution in [2.45, 2.75) is 76.8 Å². The maximum Gasteiger partial charge on any atom is 0.227 e. The molecule has 2 aliphatic carbocycles. The van der Waals surface area contributed by atoms with Gasteiger partial charge in [0.25, 0.3) is 0 Å². The number of carbonyl (C=O) groups is 1. The Morgan fingerprint density at radius 2 is 1.82 bits per heavy atom. The quantitative estimate of drug-likeness (QED) is 0.676. The first kappa shape index (κ1) is 19.0. The van der Waals surface area contributed by atoms with Crippen molar-refractivity contribution in [3.8, 4) is 17.1 Å². The molecular weight excluding hydrogens is 354 g/mol. The van der Waals surface area contributed by atoms with E-state index in [0.29, 0.717) is 43.2 Å². The number of amides is 1. The summed E-state index contributed by atoms with van der Waals surface area (Å²) in [4.78, 5) is 19.5. The van der Waals surface area contributed by atoms with Crippen LogP contribution in [0.3, 0.4) is 0 Å². The van der Waals surface area contributed by atoms with Gasteiger partial charge >= 0.3 is 0 Å². The maximum atomic E-state index is 12.9. The van der Waals surface area contributed by atoms with E-state index in [4.69, 9.17) is 9.26 Å². The predicted octanol–water partition coefficient (Wildman–Crippen LogP) is 4.39. The maximum absolute atomic E-state index is 12.9. The normalized spacial score (nSPS) is 17.5. The zero-order valence-electron chi connectivity index (χ0n) is 16.6. The Kier molecular flexibility index (Phi) is 5.93. The number of ether oxygens (including phenoxy) is 1. The van der Waals surface area contributed by atoms with Crippen LogP contribution in [0.15, 0.2) is 28.8 Å². The summed E-state index contributed by atoms with van der Waals surface area (Å²) < 4.78 is 10.8. The molecule has 0 spiro atoms. The summed E-state index contributed by atoms with van der Waals surface area (Å²) in [5.74, 6) is 2.15. The lowest BCUT2D eigenvalue weighted by atomic mass is 9.93. The highest BCUT2D eigenvalue weighted by atomic mass is 16.5. The monoisotopic (exact) mass is 383 g/mol. The average molecular weight is 383 g/mol. The van der Waals surface area contributed by atoms with Gasteiger partial charge in [0.05, 0.1) is 6.61 Å². The highest BCUT2D eigenvalue weighted by Crippen LogP contribution is 2.34. The van der Waals surface area contributed by atoms with Gasteiger partial charge in [0, 0.05) is 30.5 Å². The van der Waals surface area contributed by atoms with Crippen LogP contribution >= 0.6 is 0 Å². The molecule has 1 aromatic carbocycles. The summed E-state index contributed by atoms with van der Waals surface area (Å²) in [6.45, 7) is 2.59. The van der Waals surface area contributed by atoms with Crippen LogP contribution in [0.2, 0.25) is 0 Å². The van der Waals surface area contributed by atoms with Gasteiger partial charge in [-0.2, -0.15) is 4.98 Å². The summed E-state index contributed by atoms with van der Waals surface area (Å²) in [5, 5.41) is 4.07. The number of aromatic nitrogens is 2. The number of benzene rings is 1. The predicted molar refractivity (Wildman–Crippen MR) is 106 cm³/mol. The number of hydrogen-bond donors (Lipinski definition) is 0. The zero-order chi connectivity index (χ0) is 19.3. The van der Waals surface area contributed by atoms with Crippen molar-refractivity contribution in [1.29, 1.82) is 0 Å². The molecule has 0 radical (unpaired) electrons. The van der Waals surface area contributed by atoms with E-state index in [2.05, 4.69) is 15.0 Å². The smallest absolute Gasteiger partial charge is 0.227 e. The van der Waals surface area contributed by atoms with Gasteiger partial charge in [0.1, 0.15) is 5.75 Å². The lowest BCUT2D eigenvalue weighted by Gasteiger charge is -2.34. The number of aryl methyl sites for hydroxylation is 1. The summed E-state index contributed by atoms with van der Waals surface area (Å²) >= 11 is 0. The zero-order valence-corrected chi connectivity index (χ0v) is 16.6. The van der Waals surface area contributed by atoms with E-state index in [1.807, 2.05) is 31.2 Å². The second-order valence-electron chi connectivity index (χ2n) is 7.79. The molecule has 6 nitrogen and oxygen atoms in total. The Bertz CT molecular complexity index is 777. The molecule has 0 aliphatic heterocycles. The molecule has 28 heavy (non-hydrogen) atoms. The van der Waals surface area contributed by atoms with Crippen LogP contribution in [-0.4, -0.2) is 39.6 Å². The van der Waals surface area contributed by atoms with Crippen molar-refractivity contribution in [3.63, 3.8) is 0 Å². The van der Waals surface area contributed by atoms with E-state index in [1.54, 1.807) is 0 Å². The molecule has 1 aromatic heterocycles. The third-order valence-corrected chi connectivity index (χ3v) is 5.64. The van der Waals surface area contributed by atoms with Crippen LogP contribution in [-0.2, 0) is 11.2 Å². The van der Waals surface area contributed by atoms with Crippen molar-refractivity contribution in [2.75, 3.05) is 6.61 Å². The van der Waals surface area contributed by atoms with E-state index < -0.39 is 0 Å². The minimum atomic E-state index is 0.246. The third-order valence-electron chi connectivity index (χ3n) is 5.64. The Hall–Kier alpha value is -2.37. The highest BCUT2D eigenvalue weighted by Gasteiger charge is 2.37. The molecule has 0 bridgehead atoms. The molecule has 0 atom stereocenters. The van der Waals surface area contributed by atoms with Crippen LogP contribution in [0.5, 0.6) is 5.75 Å². The number of nitrogens with zero attached hydrogens (tertiary/aromatic N) is 3. The minimum Gasteiger partial charge on any atom is -0.494 e. The van der Waals surface area contributed by atoms with Crippen molar-refractivity contribution in [1.82, 2.24) is 15.0 Å². The largest absolute Gasteiger partial charge is 0.494 e. The van der Waals surface area contributed by atoms with Crippen molar-refractivity contribution < 1.29 is 14.1 Å². The molecule has 2 fully saturated rings. The Morgan fingerprint density at radius 1 is 1.11 bits per heavy atom. The van der Waals surface area contributed by atoms with Gasteiger partial charge in [-0.05, 0) is 56.9 Å². The third kappa shape index (κ3) is 4.54. The van der Waals surface area contributed by atoms with Gasteiger partial charge < -0.3 is 14.2 Å². The molecule has 6 heteroatoms. The summed E-state index contributed by atoms with van der Waals surface area (Å²) in [6, 6.07) is 8.55. The SMILES string of the molecule is CCOc1ccc(-c2noc(CCC(=O)N(C3CCCCC3)C3CC3)n2)cc1. The van der Waals surface area contributed by atoms with Crippen molar-refractivity contribution >= 4 is 5.91 Å². The second-order valence-corrected chi connectivity index (χ2v) is 7.79. The molecule has 2 aliphatic rings. The Morgan fingerprint density at radius 3 is 2.50 bits per heavy atom. The highest BCUT2D eigenvalue weighted by molar-refractivity contribution is 5.77. The fourth-order valence-corrected chi connectivity index (χ4v) is 4.10. The van der Waals surface area contributed by atoms with Crippen LogP contribution < -0.4 is 4.74 Å². The first-order valence-electron chi connectivity index (χ1n) is 10.6. The molecule has 150 valence electrons. The van der Waals surface area contributed by atoms with Crippen LogP contribution in [0, 0.1) is 0 Å². The van der Waals surface area contributed by atoms with Gasteiger partial charge in [-0.1, -0.05) is 24.4 Å². The number of rotatable bonds is 8. The molecule has 1 heterocycles. The van der Waals surface area contributed by atoms with Crippen LogP contribution in [0.4, 0.5) is 0 Å². The van der Waals surface area contributed by atoms with Gasteiger partial charge in [0.2, 0.25) is 17.6 Å². The molecule has 2 saturated carbocycles. The standard InChI is InChI=1S/C22H29N3O3/c1-2-27-19-12-8-16(9-13-19)22-23-20(28-24-22)14-15-21(26)25(18-10-11-18)17-6-4-3-5-7-17/h8-9,12-13,17-18H,2-7,10-11,14-15H2,1H3. The average Bonchev–Trinajstić information content (AvgIpc) is 3.44. The Labute approximate surface area is 166 Å². The first-order chi connectivity index (χ1) is 13.7. The van der Waals surface area contributed by atoms with Gasteiger partial charge in [-0.15, -0.1) is 0 Å². The fourth-order valence-electron chi connectivity index (χ4n) is 4.10. The van der Waals surface area contributed by atoms with Crippen molar-refractivity contribution in [3.05, 3.63) is 30.2 Å². The van der Waals surface area contributed by atoms with E-state index >= 15 is 0 Å². The Balaban J connectivity index is 1.35. The molecule has 0 N–H and O–H groups in total. The number of carbonyl (C=O) groups excluding carboxylic acids is 1. The van der Waals surface area contributed by atoms with Gasteiger partial charge in [-0.25, -0.2) is 0 Å². The van der Waals surface area contributed by atoms with Crippen LogP contribution in [0.25, 0.3) is 11.4 Å². The summed E-state index contributed by atoms with van der Waals surface area (Å²) in [6.07, 6.45) is 9.37. The molecule has 0 saturated heterocycles. The summed E-state index contributed by atoms with van der Waals surface area (Å²) in [7, 11) is 0. The summed E-state index contributed by atoms with van der Waals surface area (Å²) in [5.41, 5.74) is 0.881. The number of hydrogen-bond acceptors (Lipinski definition) is 5. The van der Waals surface area contributed by atoms with E-state index in [0.717, 1.165) is 37.0 Å².